The summed E-state index contributed by atoms with van der Waals surface area (Å²) < 4.78 is 28.0. The lowest BCUT2D eigenvalue weighted by Crippen LogP contribution is -1.94. The molecule has 0 saturated carbocycles. The van der Waals surface area contributed by atoms with Crippen molar-refractivity contribution in [3.63, 3.8) is 0 Å². The van der Waals surface area contributed by atoms with E-state index in [-0.39, 0.29) is 5.56 Å². The Morgan fingerprint density at radius 2 is 1.81 bits per heavy atom. The summed E-state index contributed by atoms with van der Waals surface area (Å²) in [5.41, 5.74) is 1.70. The Balaban J connectivity index is 1.97. The van der Waals surface area contributed by atoms with Crippen LogP contribution in [-0.2, 0) is 0 Å². The second-order valence-corrected chi connectivity index (χ2v) is 4.33. The summed E-state index contributed by atoms with van der Waals surface area (Å²) in [6.45, 7) is 0. The molecule has 0 fully saturated rings. The molecule has 0 spiro atoms. The van der Waals surface area contributed by atoms with Crippen LogP contribution in [0.4, 0.5) is 8.78 Å². The average molecular weight is 282 g/mol. The molecule has 0 atom stereocenters. The molecule has 0 saturated heterocycles. The number of benzene rings is 2. The number of hydrogen-bond acceptors (Lipinski definition) is 3. The number of nitrogens with zero attached hydrogens (tertiary/aromatic N) is 4. The molecule has 0 aliphatic carbocycles. The van der Waals surface area contributed by atoms with Crippen LogP contribution in [0, 0.1) is 23.0 Å². The number of halogens is 2. The zero-order valence-corrected chi connectivity index (χ0v) is 10.7. The van der Waals surface area contributed by atoms with Crippen molar-refractivity contribution in [2.75, 3.05) is 0 Å². The second-order valence-electron chi connectivity index (χ2n) is 4.33. The maximum absolute atomic E-state index is 13.7. The normalized spacial score (nSPS) is 10.3. The van der Waals surface area contributed by atoms with Crippen LogP contribution in [0.5, 0.6) is 0 Å². The summed E-state index contributed by atoms with van der Waals surface area (Å²) in [5.74, 6) is -1.34. The molecule has 0 radical (unpaired) electrons. The molecule has 0 aliphatic heterocycles. The predicted octanol–water partition coefficient (Wildman–Crippen LogP) is 3.08. The number of hydrogen-bond donors (Lipinski definition) is 0. The fourth-order valence-electron chi connectivity index (χ4n) is 1.90. The van der Waals surface area contributed by atoms with E-state index >= 15 is 0 Å². The Kier molecular flexibility index (Phi) is 3.16. The van der Waals surface area contributed by atoms with Crippen molar-refractivity contribution in [2.24, 2.45) is 0 Å². The third-order valence-corrected chi connectivity index (χ3v) is 2.96. The van der Waals surface area contributed by atoms with Gasteiger partial charge in [-0.3, -0.25) is 0 Å². The molecule has 102 valence electrons. The molecule has 3 rings (SSSR count). The summed E-state index contributed by atoms with van der Waals surface area (Å²) in [6.07, 6.45) is 1.54. The van der Waals surface area contributed by atoms with Gasteiger partial charge in [0, 0.05) is 11.6 Å². The van der Waals surface area contributed by atoms with Gasteiger partial charge >= 0.3 is 0 Å². The first-order valence-electron chi connectivity index (χ1n) is 6.06. The van der Waals surface area contributed by atoms with Crippen LogP contribution >= 0.6 is 0 Å². The topological polar surface area (TPSA) is 54.5 Å². The lowest BCUT2D eigenvalue weighted by Gasteiger charge is -1.99. The molecule has 3 aromatic rings. The van der Waals surface area contributed by atoms with Gasteiger partial charge in [-0.2, -0.15) is 5.26 Å². The summed E-state index contributed by atoms with van der Waals surface area (Å²) >= 11 is 0. The van der Waals surface area contributed by atoms with E-state index in [1.165, 1.54) is 23.0 Å². The van der Waals surface area contributed by atoms with E-state index < -0.39 is 11.6 Å². The molecule has 1 aromatic heterocycles. The Bertz CT molecular complexity index is 832. The average Bonchev–Trinajstić information content (AvgIpc) is 2.97. The highest BCUT2D eigenvalue weighted by atomic mass is 19.1. The summed E-state index contributed by atoms with van der Waals surface area (Å²) in [6, 6.07) is 12.0. The van der Waals surface area contributed by atoms with Gasteiger partial charge in [0.2, 0.25) is 0 Å². The Morgan fingerprint density at radius 3 is 2.48 bits per heavy atom. The van der Waals surface area contributed by atoms with Gasteiger partial charge in [-0.15, -0.1) is 5.10 Å². The van der Waals surface area contributed by atoms with Crippen LogP contribution in [0.3, 0.4) is 0 Å². The van der Waals surface area contributed by atoms with E-state index in [9.17, 15) is 8.78 Å². The standard InChI is InChI=1S/C15H8F2N4/c16-11-3-6-13(14(17)7-11)15-9-21(20-19-15)12-4-1-10(8-18)2-5-12/h1-7,9H. The first kappa shape index (κ1) is 12.9. The number of aromatic nitrogens is 3. The highest BCUT2D eigenvalue weighted by molar-refractivity contribution is 5.59. The molecule has 0 aliphatic rings. The maximum Gasteiger partial charge on any atom is 0.135 e. The van der Waals surface area contributed by atoms with Crippen molar-refractivity contribution < 1.29 is 8.78 Å². The molecule has 0 bridgehead atoms. The van der Waals surface area contributed by atoms with Crippen LogP contribution in [0.1, 0.15) is 5.56 Å². The van der Waals surface area contributed by atoms with Crippen molar-refractivity contribution in [3.05, 3.63) is 65.9 Å². The number of rotatable bonds is 2. The Labute approximate surface area is 118 Å². The fourth-order valence-corrected chi connectivity index (χ4v) is 1.90. The molecular weight excluding hydrogens is 274 g/mol. The van der Waals surface area contributed by atoms with E-state index in [4.69, 9.17) is 5.26 Å². The number of nitriles is 1. The molecule has 6 heteroatoms. The van der Waals surface area contributed by atoms with Crippen molar-refractivity contribution in [3.8, 4) is 23.0 Å². The van der Waals surface area contributed by atoms with Crippen molar-refractivity contribution >= 4 is 0 Å². The van der Waals surface area contributed by atoms with E-state index in [0.29, 0.717) is 16.9 Å². The smallest absolute Gasteiger partial charge is 0.135 e. The van der Waals surface area contributed by atoms with Gasteiger partial charge in [-0.1, -0.05) is 5.21 Å². The Morgan fingerprint density at radius 1 is 1.05 bits per heavy atom. The Hall–Kier alpha value is -3.07. The molecule has 0 N–H and O–H groups in total. The molecular formula is C15H8F2N4. The molecule has 1 heterocycles. The minimum Gasteiger partial charge on any atom is -0.220 e. The van der Waals surface area contributed by atoms with Gasteiger partial charge in [0.25, 0.3) is 0 Å². The highest BCUT2D eigenvalue weighted by Crippen LogP contribution is 2.22. The zero-order valence-electron chi connectivity index (χ0n) is 10.7. The van der Waals surface area contributed by atoms with Crippen LogP contribution in [0.2, 0.25) is 0 Å². The van der Waals surface area contributed by atoms with Crippen LogP contribution in [0.15, 0.2) is 48.7 Å². The van der Waals surface area contributed by atoms with Gasteiger partial charge in [0.1, 0.15) is 17.3 Å². The first-order valence-corrected chi connectivity index (χ1v) is 6.06. The molecule has 0 unspecified atom stereocenters. The van der Waals surface area contributed by atoms with Gasteiger partial charge in [-0.05, 0) is 36.4 Å². The van der Waals surface area contributed by atoms with Gasteiger partial charge in [0.15, 0.2) is 0 Å². The first-order chi connectivity index (χ1) is 10.2. The quantitative estimate of drug-likeness (QED) is 0.725. The molecule has 0 amide bonds. The minimum absolute atomic E-state index is 0.177. The zero-order chi connectivity index (χ0) is 14.8. The molecule has 2 aromatic carbocycles. The molecule has 4 nitrogen and oxygen atoms in total. The van der Waals surface area contributed by atoms with Crippen molar-refractivity contribution in [2.45, 2.75) is 0 Å². The van der Waals surface area contributed by atoms with Crippen LogP contribution in [-0.4, -0.2) is 15.0 Å². The van der Waals surface area contributed by atoms with E-state index in [1.807, 2.05) is 6.07 Å². The van der Waals surface area contributed by atoms with Gasteiger partial charge in [-0.25, -0.2) is 13.5 Å². The SMILES string of the molecule is N#Cc1ccc(-n2cc(-c3ccc(F)cc3F)nn2)cc1. The summed E-state index contributed by atoms with van der Waals surface area (Å²) in [4.78, 5) is 0. The van der Waals surface area contributed by atoms with E-state index in [1.54, 1.807) is 24.3 Å². The van der Waals surface area contributed by atoms with E-state index in [0.717, 1.165) is 6.07 Å². The minimum atomic E-state index is -0.693. The van der Waals surface area contributed by atoms with Gasteiger partial charge in [0.05, 0.1) is 23.5 Å². The van der Waals surface area contributed by atoms with Gasteiger partial charge < -0.3 is 0 Å². The van der Waals surface area contributed by atoms with Crippen molar-refractivity contribution in [1.82, 2.24) is 15.0 Å². The fraction of sp³-hybridized carbons (Fsp3) is 0. The summed E-state index contributed by atoms with van der Waals surface area (Å²) in [7, 11) is 0. The van der Waals surface area contributed by atoms with Crippen LogP contribution in [0.25, 0.3) is 16.9 Å². The second kappa shape index (κ2) is 5.13. The lowest BCUT2D eigenvalue weighted by molar-refractivity contribution is 0.585. The highest BCUT2D eigenvalue weighted by Gasteiger charge is 2.11. The summed E-state index contributed by atoms with van der Waals surface area (Å²) in [5, 5.41) is 16.5. The van der Waals surface area contributed by atoms with E-state index in [2.05, 4.69) is 10.3 Å². The maximum atomic E-state index is 13.7. The third kappa shape index (κ3) is 2.49. The lowest BCUT2D eigenvalue weighted by atomic mass is 10.1. The molecule has 21 heavy (non-hydrogen) atoms. The predicted molar refractivity (Wildman–Crippen MR) is 71.4 cm³/mol. The van der Waals surface area contributed by atoms with Crippen molar-refractivity contribution in [1.29, 1.82) is 5.26 Å². The largest absolute Gasteiger partial charge is 0.220 e. The monoisotopic (exact) mass is 282 g/mol. The third-order valence-electron chi connectivity index (χ3n) is 2.96. The van der Waals surface area contributed by atoms with Crippen LogP contribution < -0.4 is 0 Å².